The van der Waals surface area contributed by atoms with Crippen molar-refractivity contribution in [2.45, 2.75) is 118 Å². The van der Waals surface area contributed by atoms with Crippen LogP contribution in [0.3, 0.4) is 0 Å². The van der Waals surface area contributed by atoms with E-state index >= 15 is 0 Å². The molecule has 122 valence electrons. The Labute approximate surface area is 130 Å². The third-order valence-corrected chi connectivity index (χ3v) is 4.82. The zero-order valence-electron chi connectivity index (χ0n) is 15.1. The Hall–Kier alpha value is 0. The molecular formula is C20H42. The summed E-state index contributed by atoms with van der Waals surface area (Å²) in [6, 6.07) is 0. The molecule has 0 aliphatic rings. The first-order chi connectivity index (χ1) is 9.79. The van der Waals surface area contributed by atoms with Crippen LogP contribution in [0, 0.1) is 11.8 Å². The number of hydrogen-bond donors (Lipinski definition) is 0. The highest BCUT2D eigenvalue weighted by atomic mass is 14.2. The van der Waals surface area contributed by atoms with E-state index in [9.17, 15) is 0 Å². The molecule has 0 spiro atoms. The van der Waals surface area contributed by atoms with Gasteiger partial charge in [0.25, 0.3) is 0 Å². The molecule has 0 heteroatoms. The zero-order chi connectivity index (χ0) is 15.1. The van der Waals surface area contributed by atoms with Crippen LogP contribution in [0.4, 0.5) is 0 Å². The SMILES string of the molecule is CCCCCCCCCC(CCC)C(CCC)CCC. The second-order valence-corrected chi connectivity index (χ2v) is 6.80. The van der Waals surface area contributed by atoms with Crippen LogP contribution in [-0.2, 0) is 0 Å². The minimum atomic E-state index is 1.02. The van der Waals surface area contributed by atoms with Gasteiger partial charge in [-0.3, -0.25) is 0 Å². The quantitative estimate of drug-likeness (QED) is 0.269. The van der Waals surface area contributed by atoms with Gasteiger partial charge in [0.2, 0.25) is 0 Å². The molecule has 0 heterocycles. The van der Waals surface area contributed by atoms with Gasteiger partial charge in [0.15, 0.2) is 0 Å². The molecule has 0 fully saturated rings. The first kappa shape index (κ1) is 20.0. The van der Waals surface area contributed by atoms with Crippen molar-refractivity contribution in [3.63, 3.8) is 0 Å². The maximum Gasteiger partial charge on any atom is -0.0386 e. The van der Waals surface area contributed by atoms with Crippen LogP contribution in [0.1, 0.15) is 118 Å². The number of hydrogen-bond acceptors (Lipinski definition) is 0. The summed E-state index contributed by atoms with van der Waals surface area (Å²) in [5, 5.41) is 0. The molecule has 0 saturated heterocycles. The lowest BCUT2D eigenvalue weighted by atomic mass is 9.79. The second-order valence-electron chi connectivity index (χ2n) is 6.80. The molecule has 0 nitrogen and oxygen atoms in total. The Morgan fingerprint density at radius 1 is 0.400 bits per heavy atom. The Kier molecular flexibility index (Phi) is 15.4. The third-order valence-electron chi connectivity index (χ3n) is 4.82. The largest absolute Gasteiger partial charge is 0.0654 e. The fourth-order valence-electron chi connectivity index (χ4n) is 3.71. The fraction of sp³-hybridized carbons (Fsp3) is 1.00. The summed E-state index contributed by atoms with van der Waals surface area (Å²) in [7, 11) is 0. The first-order valence-corrected chi connectivity index (χ1v) is 9.79. The lowest BCUT2D eigenvalue weighted by Crippen LogP contribution is -2.15. The van der Waals surface area contributed by atoms with Crippen molar-refractivity contribution in [3.05, 3.63) is 0 Å². The van der Waals surface area contributed by atoms with E-state index in [2.05, 4.69) is 27.7 Å². The van der Waals surface area contributed by atoms with Gasteiger partial charge in [-0.25, -0.2) is 0 Å². The summed E-state index contributed by atoms with van der Waals surface area (Å²) in [6.45, 7) is 9.39. The van der Waals surface area contributed by atoms with E-state index in [0.29, 0.717) is 0 Å². The van der Waals surface area contributed by atoms with Gasteiger partial charge in [-0.1, -0.05) is 118 Å². The molecule has 0 N–H and O–H groups in total. The molecule has 0 saturated carbocycles. The minimum Gasteiger partial charge on any atom is -0.0654 e. The Bertz CT molecular complexity index is 167. The van der Waals surface area contributed by atoms with Crippen LogP contribution in [0.15, 0.2) is 0 Å². The van der Waals surface area contributed by atoms with Gasteiger partial charge in [-0.15, -0.1) is 0 Å². The Morgan fingerprint density at radius 3 is 1.25 bits per heavy atom. The van der Waals surface area contributed by atoms with Crippen LogP contribution in [0.2, 0.25) is 0 Å². The van der Waals surface area contributed by atoms with Gasteiger partial charge >= 0.3 is 0 Å². The number of rotatable bonds is 15. The summed E-state index contributed by atoms with van der Waals surface area (Å²) in [6.07, 6.45) is 20.2. The van der Waals surface area contributed by atoms with Gasteiger partial charge in [0.1, 0.15) is 0 Å². The standard InChI is InChI=1S/C20H42/c1-5-9-10-11-12-13-14-18-20(17-8-4)19(15-6-2)16-7-3/h19-20H,5-18H2,1-4H3. The summed E-state index contributed by atoms with van der Waals surface area (Å²) in [5.41, 5.74) is 0. The molecule has 20 heavy (non-hydrogen) atoms. The van der Waals surface area contributed by atoms with Crippen molar-refractivity contribution in [2.24, 2.45) is 11.8 Å². The van der Waals surface area contributed by atoms with E-state index in [1.54, 1.807) is 0 Å². The maximum absolute atomic E-state index is 2.37. The van der Waals surface area contributed by atoms with Crippen molar-refractivity contribution in [3.8, 4) is 0 Å². The van der Waals surface area contributed by atoms with Crippen molar-refractivity contribution in [1.82, 2.24) is 0 Å². The lowest BCUT2D eigenvalue weighted by Gasteiger charge is -2.26. The van der Waals surface area contributed by atoms with E-state index in [1.165, 1.54) is 89.9 Å². The molecule has 1 atom stereocenters. The highest BCUT2D eigenvalue weighted by Gasteiger charge is 2.18. The zero-order valence-corrected chi connectivity index (χ0v) is 15.1. The fourth-order valence-corrected chi connectivity index (χ4v) is 3.71. The van der Waals surface area contributed by atoms with Crippen LogP contribution in [-0.4, -0.2) is 0 Å². The highest BCUT2D eigenvalue weighted by molar-refractivity contribution is 4.70. The molecule has 0 bridgehead atoms. The topological polar surface area (TPSA) is 0 Å². The molecule has 0 aliphatic heterocycles. The van der Waals surface area contributed by atoms with E-state index < -0.39 is 0 Å². The third kappa shape index (κ3) is 10.7. The molecule has 0 amide bonds. The predicted octanol–water partition coefficient (Wildman–Crippen LogP) is 7.76. The van der Waals surface area contributed by atoms with E-state index in [1.807, 2.05) is 0 Å². The smallest absolute Gasteiger partial charge is 0.0386 e. The normalized spacial score (nSPS) is 13.1. The molecule has 0 aromatic rings. The van der Waals surface area contributed by atoms with Crippen molar-refractivity contribution in [2.75, 3.05) is 0 Å². The summed E-state index contributed by atoms with van der Waals surface area (Å²) in [5.74, 6) is 2.04. The molecule has 0 aromatic carbocycles. The van der Waals surface area contributed by atoms with Gasteiger partial charge < -0.3 is 0 Å². The summed E-state index contributed by atoms with van der Waals surface area (Å²) in [4.78, 5) is 0. The van der Waals surface area contributed by atoms with Gasteiger partial charge in [-0.05, 0) is 11.8 Å². The Morgan fingerprint density at radius 2 is 0.800 bits per heavy atom. The molecular weight excluding hydrogens is 240 g/mol. The van der Waals surface area contributed by atoms with Crippen LogP contribution < -0.4 is 0 Å². The highest BCUT2D eigenvalue weighted by Crippen LogP contribution is 2.31. The first-order valence-electron chi connectivity index (χ1n) is 9.79. The van der Waals surface area contributed by atoms with Crippen LogP contribution in [0.25, 0.3) is 0 Å². The van der Waals surface area contributed by atoms with Crippen molar-refractivity contribution >= 4 is 0 Å². The average Bonchev–Trinajstić information content (AvgIpc) is 2.45. The molecule has 0 radical (unpaired) electrons. The van der Waals surface area contributed by atoms with E-state index in [-0.39, 0.29) is 0 Å². The van der Waals surface area contributed by atoms with Gasteiger partial charge in [0, 0.05) is 0 Å². The minimum absolute atomic E-state index is 1.02. The van der Waals surface area contributed by atoms with E-state index in [4.69, 9.17) is 0 Å². The second kappa shape index (κ2) is 15.4. The van der Waals surface area contributed by atoms with Crippen molar-refractivity contribution in [1.29, 1.82) is 0 Å². The predicted molar refractivity (Wildman–Crippen MR) is 94.3 cm³/mol. The van der Waals surface area contributed by atoms with E-state index in [0.717, 1.165) is 11.8 Å². The summed E-state index contributed by atoms with van der Waals surface area (Å²) >= 11 is 0. The summed E-state index contributed by atoms with van der Waals surface area (Å²) < 4.78 is 0. The van der Waals surface area contributed by atoms with Crippen LogP contribution >= 0.6 is 0 Å². The average molecular weight is 283 g/mol. The molecule has 1 unspecified atom stereocenters. The Balaban J connectivity index is 3.86. The van der Waals surface area contributed by atoms with Crippen LogP contribution in [0.5, 0.6) is 0 Å². The maximum atomic E-state index is 2.37. The number of unbranched alkanes of at least 4 members (excludes halogenated alkanes) is 6. The molecule has 0 aliphatic carbocycles. The lowest BCUT2D eigenvalue weighted by molar-refractivity contribution is 0.250. The van der Waals surface area contributed by atoms with Gasteiger partial charge in [0.05, 0.1) is 0 Å². The molecule has 0 aromatic heterocycles. The monoisotopic (exact) mass is 282 g/mol. The van der Waals surface area contributed by atoms with Crippen molar-refractivity contribution < 1.29 is 0 Å². The van der Waals surface area contributed by atoms with Gasteiger partial charge in [-0.2, -0.15) is 0 Å². The molecule has 0 rings (SSSR count).